The van der Waals surface area contributed by atoms with Gasteiger partial charge in [0.05, 0.1) is 17.8 Å². The molecular formula is C14H28O2Si. The van der Waals surface area contributed by atoms with Gasteiger partial charge in [0.15, 0.2) is 0 Å². The Hall–Kier alpha value is 0.137. The number of ether oxygens (including phenoxy) is 1. The molecule has 2 aliphatic rings. The third-order valence-corrected chi connectivity index (χ3v) is 5.94. The van der Waals surface area contributed by atoms with Gasteiger partial charge in [0.25, 0.3) is 0 Å². The van der Waals surface area contributed by atoms with Crippen molar-refractivity contribution in [3.8, 4) is 0 Å². The van der Waals surface area contributed by atoms with E-state index in [4.69, 9.17) is 9.16 Å². The molecule has 0 N–H and O–H groups in total. The van der Waals surface area contributed by atoms with Crippen LogP contribution in [0.2, 0.25) is 0 Å². The van der Waals surface area contributed by atoms with Crippen molar-refractivity contribution in [3.63, 3.8) is 0 Å². The van der Waals surface area contributed by atoms with Crippen molar-refractivity contribution in [2.24, 2.45) is 5.92 Å². The van der Waals surface area contributed by atoms with Gasteiger partial charge in [-0.15, -0.1) is 0 Å². The molecule has 3 unspecified atom stereocenters. The van der Waals surface area contributed by atoms with Crippen LogP contribution in [0, 0.1) is 5.92 Å². The van der Waals surface area contributed by atoms with E-state index in [9.17, 15) is 0 Å². The molecule has 1 heterocycles. The molecule has 2 rings (SSSR count). The topological polar surface area (TPSA) is 21.8 Å². The van der Waals surface area contributed by atoms with Gasteiger partial charge in [-0.3, -0.25) is 0 Å². The van der Waals surface area contributed by atoms with Crippen LogP contribution in [0.3, 0.4) is 0 Å². The summed E-state index contributed by atoms with van der Waals surface area (Å²) in [6, 6.07) is 0. The van der Waals surface area contributed by atoms with Gasteiger partial charge in [-0.05, 0) is 44.4 Å². The molecular weight excluding hydrogens is 228 g/mol. The Morgan fingerprint density at radius 3 is 2.71 bits per heavy atom. The molecule has 17 heavy (non-hydrogen) atoms. The molecule has 1 aliphatic heterocycles. The maximum Gasteiger partial charge on any atom is 0.146 e. The highest BCUT2D eigenvalue weighted by Gasteiger charge is 2.46. The van der Waals surface area contributed by atoms with Crippen molar-refractivity contribution in [1.29, 1.82) is 0 Å². The van der Waals surface area contributed by atoms with Crippen LogP contribution in [0.5, 0.6) is 0 Å². The Labute approximate surface area is 109 Å². The van der Waals surface area contributed by atoms with E-state index in [1.165, 1.54) is 51.4 Å². The fourth-order valence-corrected chi connectivity index (χ4v) is 4.32. The summed E-state index contributed by atoms with van der Waals surface area (Å²) in [7, 11) is 0.871. The van der Waals surface area contributed by atoms with E-state index in [0.717, 1.165) is 16.4 Å². The Morgan fingerprint density at radius 1 is 1.29 bits per heavy atom. The maximum absolute atomic E-state index is 5.87. The summed E-state index contributed by atoms with van der Waals surface area (Å²) in [6.45, 7) is 4.53. The molecule has 0 aromatic heterocycles. The van der Waals surface area contributed by atoms with Crippen molar-refractivity contribution in [1.82, 2.24) is 0 Å². The van der Waals surface area contributed by atoms with Crippen molar-refractivity contribution in [3.05, 3.63) is 0 Å². The predicted octanol–water partition coefficient (Wildman–Crippen LogP) is 2.58. The Morgan fingerprint density at radius 2 is 2.06 bits per heavy atom. The van der Waals surface area contributed by atoms with Crippen LogP contribution in [0.25, 0.3) is 0 Å². The number of hydrogen-bond donors (Lipinski definition) is 0. The number of fused-ring (bicyclic) bond motifs is 1. The Kier molecular flexibility index (Phi) is 4.67. The average molecular weight is 256 g/mol. The van der Waals surface area contributed by atoms with Crippen molar-refractivity contribution < 1.29 is 9.16 Å². The zero-order valence-electron chi connectivity index (χ0n) is 11.7. The summed E-state index contributed by atoms with van der Waals surface area (Å²) in [5.74, 6) is 0.856. The molecule has 0 spiro atoms. The predicted molar refractivity (Wildman–Crippen MR) is 74.2 cm³/mol. The number of epoxide rings is 1. The second kappa shape index (κ2) is 5.85. The fraction of sp³-hybridized carbons (Fsp3) is 1.00. The molecule has 100 valence electrons. The summed E-state index contributed by atoms with van der Waals surface area (Å²) in [5.41, 5.74) is 0.199. The highest BCUT2D eigenvalue weighted by molar-refractivity contribution is 5.98. The van der Waals surface area contributed by atoms with E-state index in [1.807, 2.05) is 0 Å². The SMILES string of the molecule is CCC(CC)(CCCC1CCCC2OC12)O[SiH3]. The van der Waals surface area contributed by atoms with E-state index < -0.39 is 0 Å². The zero-order valence-corrected chi connectivity index (χ0v) is 13.7. The lowest BCUT2D eigenvalue weighted by atomic mass is 9.83. The van der Waals surface area contributed by atoms with E-state index in [2.05, 4.69) is 13.8 Å². The molecule has 3 atom stereocenters. The van der Waals surface area contributed by atoms with E-state index in [1.54, 1.807) is 0 Å². The lowest BCUT2D eigenvalue weighted by Gasteiger charge is -2.31. The van der Waals surface area contributed by atoms with Gasteiger partial charge in [-0.1, -0.05) is 26.7 Å². The molecule has 3 heteroatoms. The summed E-state index contributed by atoms with van der Waals surface area (Å²) in [6.07, 6.45) is 11.6. The van der Waals surface area contributed by atoms with Crippen LogP contribution in [-0.2, 0) is 9.16 Å². The van der Waals surface area contributed by atoms with Crippen LogP contribution in [-0.4, -0.2) is 28.3 Å². The van der Waals surface area contributed by atoms with Gasteiger partial charge in [0.2, 0.25) is 0 Å². The quantitative estimate of drug-likeness (QED) is 0.516. The van der Waals surface area contributed by atoms with E-state index in [0.29, 0.717) is 12.2 Å². The molecule has 0 bridgehead atoms. The van der Waals surface area contributed by atoms with Crippen LogP contribution in [0.4, 0.5) is 0 Å². The second-order valence-electron chi connectivity index (χ2n) is 5.82. The highest BCUT2D eigenvalue weighted by atomic mass is 28.2. The molecule has 2 nitrogen and oxygen atoms in total. The third kappa shape index (κ3) is 3.12. The van der Waals surface area contributed by atoms with Gasteiger partial charge >= 0.3 is 0 Å². The molecule has 1 aliphatic carbocycles. The van der Waals surface area contributed by atoms with Crippen LogP contribution in [0.1, 0.15) is 65.2 Å². The van der Waals surface area contributed by atoms with Crippen LogP contribution >= 0.6 is 0 Å². The van der Waals surface area contributed by atoms with Crippen molar-refractivity contribution >= 4 is 10.5 Å². The maximum atomic E-state index is 5.87. The van der Waals surface area contributed by atoms with Crippen molar-refractivity contribution in [2.45, 2.75) is 83.0 Å². The van der Waals surface area contributed by atoms with Crippen molar-refractivity contribution in [2.75, 3.05) is 0 Å². The second-order valence-corrected chi connectivity index (χ2v) is 6.22. The first-order valence-corrected chi connectivity index (χ1v) is 8.27. The molecule has 1 saturated carbocycles. The highest BCUT2D eigenvalue weighted by Crippen LogP contribution is 2.43. The van der Waals surface area contributed by atoms with Gasteiger partial charge in [0, 0.05) is 0 Å². The molecule has 2 fully saturated rings. The molecule has 0 amide bonds. The monoisotopic (exact) mass is 256 g/mol. The summed E-state index contributed by atoms with van der Waals surface area (Å²) >= 11 is 0. The summed E-state index contributed by atoms with van der Waals surface area (Å²) in [5, 5.41) is 0. The van der Waals surface area contributed by atoms with Crippen LogP contribution in [0.15, 0.2) is 0 Å². The zero-order chi connectivity index (χ0) is 12.3. The average Bonchev–Trinajstić information content (AvgIpc) is 3.15. The molecule has 1 saturated heterocycles. The number of hydrogen-bond acceptors (Lipinski definition) is 2. The van der Waals surface area contributed by atoms with Gasteiger partial charge in [-0.25, -0.2) is 0 Å². The first-order chi connectivity index (χ1) is 8.24. The normalized spacial score (nSPS) is 32.5. The van der Waals surface area contributed by atoms with Gasteiger partial charge in [-0.2, -0.15) is 0 Å². The minimum absolute atomic E-state index is 0.199. The Bertz CT molecular complexity index is 232. The number of rotatable bonds is 7. The lowest BCUT2D eigenvalue weighted by Crippen LogP contribution is -2.30. The van der Waals surface area contributed by atoms with E-state index in [-0.39, 0.29) is 5.60 Å². The Balaban J connectivity index is 1.71. The molecule has 0 radical (unpaired) electrons. The largest absolute Gasteiger partial charge is 0.422 e. The molecule has 0 aromatic rings. The first-order valence-electron chi connectivity index (χ1n) is 7.45. The third-order valence-electron chi connectivity index (χ3n) is 5.08. The minimum Gasteiger partial charge on any atom is -0.422 e. The summed E-state index contributed by atoms with van der Waals surface area (Å²) in [4.78, 5) is 0. The van der Waals surface area contributed by atoms with Gasteiger partial charge < -0.3 is 9.16 Å². The smallest absolute Gasteiger partial charge is 0.146 e. The standard InChI is InChI=1S/C14H28O2Si/c1-3-14(4-2,16-17)10-6-8-11-7-5-9-12-13(11)15-12/h11-13H,3-10H2,1-2,17H3. The lowest BCUT2D eigenvalue weighted by molar-refractivity contribution is 0.0564. The fourth-order valence-electron chi connectivity index (χ4n) is 3.54. The first kappa shape index (κ1) is 13.6. The minimum atomic E-state index is 0.199. The van der Waals surface area contributed by atoms with Gasteiger partial charge in [0.1, 0.15) is 10.5 Å². The van der Waals surface area contributed by atoms with E-state index >= 15 is 0 Å². The van der Waals surface area contributed by atoms with Crippen LogP contribution < -0.4 is 0 Å². The molecule has 0 aromatic carbocycles. The summed E-state index contributed by atoms with van der Waals surface area (Å²) < 4.78 is 11.6.